The number of fused-ring (bicyclic) bond motifs is 1. The fraction of sp³-hybridized carbons (Fsp3) is 0.188. The molecule has 1 aliphatic rings. The first-order chi connectivity index (χ1) is 9.69. The quantitative estimate of drug-likeness (QED) is 0.649. The highest BCUT2D eigenvalue weighted by atomic mass is 16.2. The first-order valence-electron chi connectivity index (χ1n) is 6.62. The third-order valence-electron chi connectivity index (χ3n) is 3.69. The van der Waals surface area contributed by atoms with Crippen molar-refractivity contribution >= 4 is 11.6 Å². The summed E-state index contributed by atoms with van der Waals surface area (Å²) in [7, 11) is 0. The van der Waals surface area contributed by atoms with Crippen molar-refractivity contribution in [1.82, 2.24) is 4.90 Å². The van der Waals surface area contributed by atoms with Crippen molar-refractivity contribution in [2.24, 2.45) is 5.84 Å². The van der Waals surface area contributed by atoms with E-state index in [0.717, 1.165) is 5.56 Å². The topological polar surface area (TPSA) is 58.4 Å². The van der Waals surface area contributed by atoms with Crippen LogP contribution in [0.15, 0.2) is 42.5 Å². The number of nitrogens with two attached hydrogens (primary N) is 1. The number of nitrogens with zero attached hydrogens (tertiary/aromatic N) is 1. The van der Waals surface area contributed by atoms with Crippen LogP contribution in [0.3, 0.4) is 0 Å². The van der Waals surface area contributed by atoms with Crippen LogP contribution in [0.2, 0.25) is 0 Å². The number of benzene rings is 2. The van der Waals surface area contributed by atoms with Crippen LogP contribution in [0.4, 0.5) is 5.69 Å². The smallest absolute Gasteiger partial charge is 0.256 e. The molecule has 1 aliphatic heterocycles. The molecule has 2 aromatic carbocycles. The van der Waals surface area contributed by atoms with Gasteiger partial charge in [0, 0.05) is 13.1 Å². The zero-order valence-electron chi connectivity index (χ0n) is 11.4. The Hall–Kier alpha value is -2.33. The van der Waals surface area contributed by atoms with E-state index in [0.29, 0.717) is 24.3 Å². The van der Waals surface area contributed by atoms with Crippen molar-refractivity contribution in [2.75, 3.05) is 5.43 Å². The lowest BCUT2D eigenvalue weighted by molar-refractivity contribution is 0.0752. The van der Waals surface area contributed by atoms with E-state index in [1.54, 1.807) is 0 Å². The minimum absolute atomic E-state index is 0.00847. The summed E-state index contributed by atoms with van der Waals surface area (Å²) in [6.45, 7) is 3.29. The minimum Gasteiger partial charge on any atom is -0.330 e. The van der Waals surface area contributed by atoms with Crippen molar-refractivity contribution in [3.63, 3.8) is 0 Å². The molecule has 0 bridgehead atoms. The second-order valence-corrected chi connectivity index (χ2v) is 5.12. The Bertz CT molecular complexity index is 642. The van der Waals surface area contributed by atoms with Crippen molar-refractivity contribution in [3.05, 3.63) is 64.7 Å². The molecule has 0 aromatic heterocycles. The fourth-order valence-electron chi connectivity index (χ4n) is 2.61. The Morgan fingerprint density at radius 1 is 1.15 bits per heavy atom. The van der Waals surface area contributed by atoms with Gasteiger partial charge in [-0.1, -0.05) is 30.3 Å². The maximum atomic E-state index is 12.6. The van der Waals surface area contributed by atoms with Gasteiger partial charge < -0.3 is 10.3 Å². The molecule has 4 nitrogen and oxygen atoms in total. The maximum Gasteiger partial charge on any atom is 0.256 e. The van der Waals surface area contributed by atoms with Gasteiger partial charge in [0.25, 0.3) is 5.91 Å². The Kier molecular flexibility index (Phi) is 3.16. The van der Waals surface area contributed by atoms with E-state index < -0.39 is 0 Å². The van der Waals surface area contributed by atoms with E-state index in [2.05, 4.69) is 17.6 Å². The zero-order chi connectivity index (χ0) is 14.1. The predicted octanol–water partition coefficient (Wildman–Crippen LogP) is 2.44. The molecule has 0 aliphatic carbocycles. The number of amides is 1. The van der Waals surface area contributed by atoms with Gasteiger partial charge >= 0.3 is 0 Å². The molecule has 0 fully saturated rings. The third-order valence-corrected chi connectivity index (χ3v) is 3.69. The Morgan fingerprint density at radius 3 is 2.40 bits per heavy atom. The van der Waals surface area contributed by atoms with E-state index in [4.69, 9.17) is 5.84 Å². The average molecular weight is 267 g/mol. The van der Waals surface area contributed by atoms with Crippen LogP contribution in [0.1, 0.15) is 27.0 Å². The standard InChI is InChI=1S/C16H17N3O/c1-11-6-7-14(15(8-11)18-17)16(20)19-9-12-4-2-3-5-13(12)10-19/h2-8,18H,9-10,17H2,1H3. The number of carbonyl (C=O) groups excluding carboxylic acids is 1. The van der Waals surface area contributed by atoms with Crippen LogP contribution in [-0.4, -0.2) is 10.8 Å². The molecule has 0 unspecified atom stereocenters. The molecular formula is C16H17N3O. The average Bonchev–Trinajstić information content (AvgIpc) is 2.90. The van der Waals surface area contributed by atoms with Gasteiger partial charge in [-0.25, -0.2) is 0 Å². The van der Waals surface area contributed by atoms with Gasteiger partial charge in [-0.2, -0.15) is 0 Å². The largest absolute Gasteiger partial charge is 0.330 e. The molecule has 0 atom stereocenters. The van der Waals surface area contributed by atoms with E-state index in [1.807, 2.05) is 42.2 Å². The molecule has 4 heteroatoms. The van der Waals surface area contributed by atoms with Crippen LogP contribution in [0, 0.1) is 6.92 Å². The molecule has 0 saturated heterocycles. The number of nitrogens with one attached hydrogen (secondary N) is 1. The molecule has 20 heavy (non-hydrogen) atoms. The van der Waals surface area contributed by atoms with Gasteiger partial charge in [0.1, 0.15) is 0 Å². The highest BCUT2D eigenvalue weighted by molar-refractivity contribution is 5.99. The third kappa shape index (κ3) is 2.14. The fourth-order valence-corrected chi connectivity index (χ4v) is 2.61. The zero-order valence-corrected chi connectivity index (χ0v) is 11.4. The minimum atomic E-state index is 0.00847. The first kappa shape index (κ1) is 12.7. The molecule has 2 aromatic rings. The van der Waals surface area contributed by atoms with E-state index >= 15 is 0 Å². The monoisotopic (exact) mass is 267 g/mol. The number of hydrogen-bond acceptors (Lipinski definition) is 3. The molecule has 1 heterocycles. The van der Waals surface area contributed by atoms with Crippen molar-refractivity contribution < 1.29 is 4.79 Å². The van der Waals surface area contributed by atoms with Crippen molar-refractivity contribution in [3.8, 4) is 0 Å². The molecule has 102 valence electrons. The Balaban J connectivity index is 1.88. The summed E-state index contributed by atoms with van der Waals surface area (Å²) in [5, 5.41) is 0. The summed E-state index contributed by atoms with van der Waals surface area (Å²) in [5.74, 6) is 5.53. The molecule has 3 rings (SSSR count). The van der Waals surface area contributed by atoms with Crippen LogP contribution < -0.4 is 11.3 Å². The van der Waals surface area contributed by atoms with Crippen LogP contribution in [0.5, 0.6) is 0 Å². The second-order valence-electron chi connectivity index (χ2n) is 5.12. The molecule has 0 radical (unpaired) electrons. The molecule has 3 N–H and O–H groups in total. The summed E-state index contributed by atoms with van der Waals surface area (Å²) in [5.41, 5.74) is 7.41. The van der Waals surface area contributed by atoms with Gasteiger partial charge in [0.15, 0.2) is 0 Å². The second kappa shape index (κ2) is 4.98. The summed E-state index contributed by atoms with van der Waals surface area (Å²) in [6.07, 6.45) is 0. The number of nitrogen functional groups attached to an aromatic ring is 1. The van der Waals surface area contributed by atoms with Gasteiger partial charge in [0.2, 0.25) is 0 Å². The van der Waals surface area contributed by atoms with Crippen molar-refractivity contribution in [2.45, 2.75) is 20.0 Å². The number of carbonyl (C=O) groups is 1. The van der Waals surface area contributed by atoms with E-state index in [-0.39, 0.29) is 5.91 Å². The first-order valence-corrected chi connectivity index (χ1v) is 6.62. The highest BCUT2D eigenvalue weighted by Crippen LogP contribution is 2.26. The van der Waals surface area contributed by atoms with Gasteiger partial charge in [0.05, 0.1) is 11.3 Å². The van der Waals surface area contributed by atoms with Crippen LogP contribution in [-0.2, 0) is 13.1 Å². The molecule has 1 amide bonds. The molecule has 0 saturated carbocycles. The summed E-state index contributed by atoms with van der Waals surface area (Å²) in [6, 6.07) is 13.8. The number of hydrogen-bond donors (Lipinski definition) is 2. The van der Waals surface area contributed by atoms with Crippen LogP contribution >= 0.6 is 0 Å². The van der Waals surface area contributed by atoms with Crippen molar-refractivity contribution in [1.29, 1.82) is 0 Å². The van der Waals surface area contributed by atoms with E-state index in [1.165, 1.54) is 11.1 Å². The van der Waals surface area contributed by atoms with E-state index in [9.17, 15) is 4.79 Å². The van der Waals surface area contributed by atoms with Gasteiger partial charge in [-0.15, -0.1) is 0 Å². The number of anilines is 1. The highest BCUT2D eigenvalue weighted by Gasteiger charge is 2.25. The lowest BCUT2D eigenvalue weighted by Gasteiger charge is -2.18. The molecule has 0 spiro atoms. The molecular weight excluding hydrogens is 250 g/mol. The number of aryl methyl sites for hydroxylation is 1. The summed E-state index contributed by atoms with van der Waals surface area (Å²) < 4.78 is 0. The van der Waals surface area contributed by atoms with Gasteiger partial charge in [-0.3, -0.25) is 10.6 Å². The van der Waals surface area contributed by atoms with Gasteiger partial charge in [-0.05, 0) is 35.7 Å². The normalized spacial score (nSPS) is 13.2. The summed E-state index contributed by atoms with van der Waals surface area (Å²) in [4.78, 5) is 14.5. The number of rotatable bonds is 2. The SMILES string of the molecule is Cc1ccc(C(=O)N2Cc3ccccc3C2)c(NN)c1. The lowest BCUT2D eigenvalue weighted by atomic mass is 10.1. The predicted molar refractivity (Wildman–Crippen MR) is 79.0 cm³/mol. The Labute approximate surface area is 118 Å². The van der Waals surface area contributed by atoms with Crippen LogP contribution in [0.25, 0.3) is 0 Å². The Morgan fingerprint density at radius 2 is 1.80 bits per heavy atom. The number of hydrazine groups is 1. The maximum absolute atomic E-state index is 12.6. The summed E-state index contributed by atoms with van der Waals surface area (Å²) >= 11 is 0. The lowest BCUT2D eigenvalue weighted by Crippen LogP contribution is -2.27.